The number of nitrogens with zero attached hydrogens (tertiary/aromatic N) is 1. The van der Waals surface area contributed by atoms with Crippen LogP contribution in [0.1, 0.15) is 52.9 Å². The average molecular weight is 282 g/mol. The summed E-state index contributed by atoms with van der Waals surface area (Å²) >= 11 is 0. The van der Waals surface area contributed by atoms with Gasteiger partial charge in [0.2, 0.25) is 0 Å². The van der Waals surface area contributed by atoms with Crippen molar-refractivity contribution in [3.63, 3.8) is 0 Å². The Morgan fingerprint density at radius 2 is 1.80 bits per heavy atom. The molecule has 0 aromatic heterocycles. The second-order valence-electron chi connectivity index (χ2n) is 7.19. The fourth-order valence-corrected chi connectivity index (χ4v) is 3.79. The van der Waals surface area contributed by atoms with E-state index in [4.69, 9.17) is 4.74 Å². The Morgan fingerprint density at radius 1 is 1.05 bits per heavy atom. The number of ether oxygens (including phenoxy) is 1. The van der Waals surface area contributed by atoms with Gasteiger partial charge in [0.05, 0.1) is 13.2 Å². The lowest BCUT2D eigenvalue weighted by molar-refractivity contribution is 0.0337. The van der Waals surface area contributed by atoms with E-state index in [1.54, 1.807) is 0 Å². The van der Waals surface area contributed by atoms with E-state index in [2.05, 4.69) is 31.0 Å². The fourth-order valence-electron chi connectivity index (χ4n) is 3.79. The molecule has 1 aliphatic carbocycles. The van der Waals surface area contributed by atoms with Crippen LogP contribution in [0.15, 0.2) is 0 Å². The van der Waals surface area contributed by atoms with Gasteiger partial charge in [0.25, 0.3) is 0 Å². The summed E-state index contributed by atoms with van der Waals surface area (Å²) in [7, 11) is 0. The Bertz CT molecular complexity index is 264. The van der Waals surface area contributed by atoms with Crippen LogP contribution in [-0.2, 0) is 4.74 Å². The smallest absolute Gasteiger partial charge is 0.0594 e. The molecule has 2 fully saturated rings. The van der Waals surface area contributed by atoms with Gasteiger partial charge in [0, 0.05) is 31.7 Å². The van der Waals surface area contributed by atoms with E-state index in [0.717, 1.165) is 44.2 Å². The fraction of sp³-hybridized carbons (Fsp3) is 1.00. The van der Waals surface area contributed by atoms with Crippen LogP contribution in [0.4, 0.5) is 0 Å². The standard InChI is InChI=1S/C17H34N2O/c1-14(2)16-5-4-6-17(8-7-16)18-15(3)13-19-9-11-20-12-10-19/h14-18H,4-13H2,1-3H3. The van der Waals surface area contributed by atoms with Crippen molar-refractivity contribution in [2.75, 3.05) is 32.8 Å². The Balaban J connectivity index is 1.69. The maximum Gasteiger partial charge on any atom is 0.0594 e. The molecule has 3 heteroatoms. The molecule has 20 heavy (non-hydrogen) atoms. The highest BCUT2D eigenvalue weighted by molar-refractivity contribution is 4.80. The predicted molar refractivity (Wildman–Crippen MR) is 85.1 cm³/mol. The average Bonchev–Trinajstić information content (AvgIpc) is 2.65. The van der Waals surface area contributed by atoms with Crippen molar-refractivity contribution >= 4 is 0 Å². The van der Waals surface area contributed by atoms with Gasteiger partial charge >= 0.3 is 0 Å². The molecule has 1 aliphatic heterocycles. The maximum atomic E-state index is 5.42. The van der Waals surface area contributed by atoms with Gasteiger partial charge in [-0.3, -0.25) is 4.90 Å². The van der Waals surface area contributed by atoms with Crippen LogP contribution in [0.25, 0.3) is 0 Å². The van der Waals surface area contributed by atoms with E-state index >= 15 is 0 Å². The summed E-state index contributed by atoms with van der Waals surface area (Å²) in [6.45, 7) is 12.3. The van der Waals surface area contributed by atoms with Crippen molar-refractivity contribution in [1.29, 1.82) is 0 Å². The van der Waals surface area contributed by atoms with Crippen LogP contribution in [0, 0.1) is 11.8 Å². The van der Waals surface area contributed by atoms with Crippen LogP contribution >= 0.6 is 0 Å². The number of hydrogen-bond acceptors (Lipinski definition) is 3. The quantitative estimate of drug-likeness (QED) is 0.785. The van der Waals surface area contributed by atoms with Crippen molar-refractivity contribution in [3.05, 3.63) is 0 Å². The largest absolute Gasteiger partial charge is 0.379 e. The Labute approximate surface area is 125 Å². The first-order valence-corrected chi connectivity index (χ1v) is 8.71. The number of rotatable bonds is 5. The third-order valence-electron chi connectivity index (χ3n) is 5.11. The minimum absolute atomic E-state index is 0.605. The molecule has 2 rings (SSSR count). The van der Waals surface area contributed by atoms with Crippen LogP contribution in [0.2, 0.25) is 0 Å². The molecule has 3 nitrogen and oxygen atoms in total. The van der Waals surface area contributed by atoms with E-state index in [9.17, 15) is 0 Å². The first-order chi connectivity index (χ1) is 9.65. The van der Waals surface area contributed by atoms with Crippen LogP contribution in [0.3, 0.4) is 0 Å². The summed E-state index contributed by atoms with van der Waals surface area (Å²) in [5.41, 5.74) is 0. The second-order valence-corrected chi connectivity index (χ2v) is 7.19. The third kappa shape index (κ3) is 5.34. The zero-order valence-corrected chi connectivity index (χ0v) is 13.7. The molecule has 0 spiro atoms. The number of hydrogen-bond donors (Lipinski definition) is 1. The van der Waals surface area contributed by atoms with Gasteiger partial charge in [-0.15, -0.1) is 0 Å². The zero-order valence-electron chi connectivity index (χ0n) is 13.7. The molecule has 0 aromatic carbocycles. The van der Waals surface area contributed by atoms with E-state index in [-0.39, 0.29) is 0 Å². The SMILES string of the molecule is CC(CN1CCOCC1)NC1CCCC(C(C)C)CC1. The molecule has 0 radical (unpaired) electrons. The maximum absolute atomic E-state index is 5.42. The summed E-state index contributed by atoms with van der Waals surface area (Å²) in [5, 5.41) is 3.88. The summed E-state index contributed by atoms with van der Waals surface area (Å²) in [4.78, 5) is 2.54. The normalized spacial score (nSPS) is 31.2. The highest BCUT2D eigenvalue weighted by Crippen LogP contribution is 2.28. The molecule has 0 bridgehead atoms. The predicted octanol–water partition coefficient (Wildman–Crippen LogP) is 2.90. The van der Waals surface area contributed by atoms with E-state index in [0.29, 0.717) is 6.04 Å². The van der Waals surface area contributed by atoms with Crippen molar-refractivity contribution < 1.29 is 4.74 Å². The molecule has 118 valence electrons. The molecule has 0 aromatic rings. The first kappa shape index (κ1) is 16.3. The summed E-state index contributed by atoms with van der Waals surface area (Å²) in [6, 6.07) is 1.35. The van der Waals surface area contributed by atoms with Crippen LogP contribution in [-0.4, -0.2) is 49.8 Å². The van der Waals surface area contributed by atoms with Gasteiger partial charge < -0.3 is 10.1 Å². The molecule has 1 saturated carbocycles. The Morgan fingerprint density at radius 3 is 2.50 bits per heavy atom. The molecule has 1 N–H and O–H groups in total. The van der Waals surface area contributed by atoms with E-state index < -0.39 is 0 Å². The van der Waals surface area contributed by atoms with Gasteiger partial charge in [-0.1, -0.05) is 26.7 Å². The van der Waals surface area contributed by atoms with Crippen molar-refractivity contribution in [3.8, 4) is 0 Å². The molecule has 1 heterocycles. The molecule has 3 atom stereocenters. The van der Waals surface area contributed by atoms with Crippen molar-refractivity contribution in [2.24, 2.45) is 11.8 Å². The lowest BCUT2D eigenvalue weighted by Crippen LogP contribution is -2.47. The summed E-state index contributed by atoms with van der Waals surface area (Å²) in [6.07, 6.45) is 7.01. The summed E-state index contributed by atoms with van der Waals surface area (Å²) in [5.74, 6) is 1.82. The van der Waals surface area contributed by atoms with E-state index in [1.165, 1.54) is 38.6 Å². The molecule has 2 aliphatic rings. The molecule has 0 amide bonds. The monoisotopic (exact) mass is 282 g/mol. The second kappa shape index (κ2) is 8.35. The van der Waals surface area contributed by atoms with Crippen molar-refractivity contribution in [2.45, 2.75) is 65.0 Å². The topological polar surface area (TPSA) is 24.5 Å². The highest BCUT2D eigenvalue weighted by atomic mass is 16.5. The van der Waals surface area contributed by atoms with Gasteiger partial charge in [-0.25, -0.2) is 0 Å². The molecule has 3 unspecified atom stereocenters. The first-order valence-electron chi connectivity index (χ1n) is 8.71. The van der Waals surface area contributed by atoms with Gasteiger partial charge in [0.1, 0.15) is 0 Å². The van der Waals surface area contributed by atoms with Gasteiger partial charge in [-0.05, 0) is 38.0 Å². The number of morpholine rings is 1. The van der Waals surface area contributed by atoms with Crippen LogP contribution < -0.4 is 5.32 Å². The molecular formula is C17H34N2O. The van der Waals surface area contributed by atoms with E-state index in [1.807, 2.05) is 0 Å². The molecule has 1 saturated heterocycles. The molecular weight excluding hydrogens is 248 g/mol. The van der Waals surface area contributed by atoms with Crippen molar-refractivity contribution in [1.82, 2.24) is 10.2 Å². The highest BCUT2D eigenvalue weighted by Gasteiger charge is 2.22. The minimum Gasteiger partial charge on any atom is -0.379 e. The lowest BCUT2D eigenvalue weighted by Gasteiger charge is -2.31. The zero-order chi connectivity index (χ0) is 14.4. The van der Waals surface area contributed by atoms with Crippen LogP contribution in [0.5, 0.6) is 0 Å². The Hall–Kier alpha value is -0.120. The number of nitrogens with one attached hydrogen (secondary N) is 1. The van der Waals surface area contributed by atoms with Gasteiger partial charge in [0.15, 0.2) is 0 Å². The lowest BCUT2D eigenvalue weighted by atomic mass is 9.89. The Kier molecular flexibility index (Phi) is 6.79. The third-order valence-corrected chi connectivity index (χ3v) is 5.11. The van der Waals surface area contributed by atoms with Gasteiger partial charge in [-0.2, -0.15) is 0 Å². The minimum atomic E-state index is 0.605. The summed E-state index contributed by atoms with van der Waals surface area (Å²) < 4.78 is 5.42.